The number of aromatic nitrogens is 3. The lowest BCUT2D eigenvalue weighted by Gasteiger charge is -2.38. The van der Waals surface area contributed by atoms with Crippen LogP contribution in [0.4, 0.5) is 13.2 Å². The van der Waals surface area contributed by atoms with Gasteiger partial charge >= 0.3 is 6.18 Å². The van der Waals surface area contributed by atoms with E-state index in [0.29, 0.717) is 17.9 Å². The Bertz CT molecular complexity index is 982. The Kier molecular flexibility index (Phi) is 5.67. The van der Waals surface area contributed by atoms with Crippen LogP contribution >= 0.6 is 0 Å². The fraction of sp³-hybridized carbons (Fsp3) is 0.391. The number of aromatic amines is 1. The van der Waals surface area contributed by atoms with Gasteiger partial charge in [0.15, 0.2) is 5.69 Å². The molecule has 0 aliphatic carbocycles. The van der Waals surface area contributed by atoms with E-state index < -0.39 is 11.9 Å². The second kappa shape index (κ2) is 7.78. The van der Waals surface area contributed by atoms with Crippen LogP contribution in [0.5, 0.6) is 5.75 Å². The molecule has 0 saturated carbocycles. The number of alkyl halides is 3. The van der Waals surface area contributed by atoms with Crippen molar-refractivity contribution >= 4 is 0 Å². The summed E-state index contributed by atoms with van der Waals surface area (Å²) >= 11 is 0. The maximum atomic E-state index is 12.7. The molecular formula is C23H26F3N3O. The summed E-state index contributed by atoms with van der Waals surface area (Å²) in [4.78, 5) is 10.5. The lowest BCUT2D eigenvalue weighted by atomic mass is 9.70. The Morgan fingerprint density at radius 3 is 2.03 bits per heavy atom. The van der Waals surface area contributed by atoms with Gasteiger partial charge in [0.1, 0.15) is 11.6 Å². The van der Waals surface area contributed by atoms with E-state index in [1.807, 2.05) is 24.3 Å². The van der Waals surface area contributed by atoms with Crippen molar-refractivity contribution in [2.24, 2.45) is 10.8 Å². The average molecular weight is 417 g/mol. The van der Waals surface area contributed by atoms with Crippen molar-refractivity contribution in [1.29, 1.82) is 0 Å². The third kappa shape index (κ3) is 4.83. The van der Waals surface area contributed by atoms with Gasteiger partial charge in [0.05, 0.1) is 12.3 Å². The van der Waals surface area contributed by atoms with E-state index in [9.17, 15) is 13.2 Å². The molecule has 0 spiro atoms. The molecule has 0 atom stereocenters. The SMILES string of the molecule is CC(C)(C)C(C)(C)COc1ccc(-c2ccc(-c3nc(C(F)(F)F)c[nH]3)cn2)cc1. The third-order valence-corrected chi connectivity index (χ3v) is 5.69. The molecule has 7 heteroatoms. The molecule has 0 amide bonds. The highest BCUT2D eigenvalue weighted by molar-refractivity contribution is 5.63. The van der Waals surface area contributed by atoms with Crippen LogP contribution in [0.25, 0.3) is 22.6 Å². The van der Waals surface area contributed by atoms with E-state index >= 15 is 0 Å². The number of benzene rings is 1. The van der Waals surface area contributed by atoms with E-state index in [1.165, 1.54) is 6.20 Å². The minimum absolute atomic E-state index is 0.0148. The number of imidazole rings is 1. The molecule has 0 fully saturated rings. The van der Waals surface area contributed by atoms with Crippen molar-refractivity contribution in [1.82, 2.24) is 15.0 Å². The van der Waals surface area contributed by atoms with E-state index in [0.717, 1.165) is 17.5 Å². The number of hydrogen-bond donors (Lipinski definition) is 1. The van der Waals surface area contributed by atoms with E-state index in [2.05, 4.69) is 49.6 Å². The minimum atomic E-state index is -4.48. The molecule has 0 bridgehead atoms. The summed E-state index contributed by atoms with van der Waals surface area (Å²) in [6, 6.07) is 11.1. The molecule has 1 N–H and O–H groups in total. The number of H-pyrrole nitrogens is 1. The van der Waals surface area contributed by atoms with E-state index in [-0.39, 0.29) is 16.7 Å². The van der Waals surface area contributed by atoms with Gasteiger partial charge < -0.3 is 9.72 Å². The van der Waals surface area contributed by atoms with Gasteiger partial charge in [0.2, 0.25) is 0 Å². The molecule has 3 rings (SSSR count). The van der Waals surface area contributed by atoms with Gasteiger partial charge in [-0.1, -0.05) is 34.6 Å². The van der Waals surface area contributed by atoms with Crippen molar-refractivity contribution in [3.05, 3.63) is 54.5 Å². The Labute approximate surface area is 174 Å². The average Bonchev–Trinajstić information content (AvgIpc) is 3.17. The third-order valence-electron chi connectivity index (χ3n) is 5.69. The first kappa shape index (κ1) is 21.9. The summed E-state index contributed by atoms with van der Waals surface area (Å²) in [6.45, 7) is 11.6. The molecule has 0 radical (unpaired) electrons. The Morgan fingerprint density at radius 2 is 1.53 bits per heavy atom. The number of ether oxygens (including phenoxy) is 1. The first-order valence-electron chi connectivity index (χ1n) is 9.69. The summed E-state index contributed by atoms with van der Waals surface area (Å²) in [5.74, 6) is 0.912. The quantitative estimate of drug-likeness (QED) is 0.508. The maximum absolute atomic E-state index is 12.7. The highest BCUT2D eigenvalue weighted by atomic mass is 19.4. The summed E-state index contributed by atoms with van der Waals surface area (Å²) in [5, 5.41) is 0. The summed E-state index contributed by atoms with van der Waals surface area (Å²) in [6.07, 6.45) is -2.12. The van der Waals surface area contributed by atoms with Crippen molar-refractivity contribution in [3.8, 4) is 28.4 Å². The molecule has 160 valence electrons. The fourth-order valence-electron chi connectivity index (χ4n) is 2.52. The predicted octanol–water partition coefficient (Wildman–Crippen LogP) is 6.61. The Hall–Kier alpha value is -2.83. The maximum Gasteiger partial charge on any atom is 0.434 e. The normalized spacial score (nSPS) is 12.8. The molecule has 3 aromatic rings. The molecule has 0 saturated heterocycles. The van der Waals surface area contributed by atoms with Crippen LogP contribution in [-0.4, -0.2) is 21.6 Å². The molecule has 0 aliphatic rings. The highest BCUT2D eigenvalue weighted by Crippen LogP contribution is 2.38. The summed E-state index contributed by atoms with van der Waals surface area (Å²) in [7, 11) is 0. The molecule has 2 aromatic heterocycles. The molecule has 0 unspecified atom stereocenters. The predicted molar refractivity (Wildman–Crippen MR) is 111 cm³/mol. The topological polar surface area (TPSA) is 50.8 Å². The molecule has 0 aliphatic heterocycles. The van der Waals surface area contributed by atoms with Gasteiger partial charge in [0, 0.05) is 28.9 Å². The number of pyridine rings is 1. The van der Waals surface area contributed by atoms with Crippen LogP contribution in [0.15, 0.2) is 48.8 Å². The van der Waals surface area contributed by atoms with E-state index in [1.54, 1.807) is 12.1 Å². The van der Waals surface area contributed by atoms with Gasteiger partial charge in [-0.05, 0) is 41.8 Å². The Morgan fingerprint density at radius 1 is 0.900 bits per heavy atom. The zero-order chi connectivity index (χ0) is 22.2. The van der Waals surface area contributed by atoms with Crippen LogP contribution in [0.3, 0.4) is 0 Å². The number of hydrogen-bond acceptors (Lipinski definition) is 3. The van der Waals surface area contributed by atoms with Crippen molar-refractivity contribution in [3.63, 3.8) is 0 Å². The van der Waals surface area contributed by atoms with Crippen molar-refractivity contribution < 1.29 is 17.9 Å². The van der Waals surface area contributed by atoms with Crippen LogP contribution < -0.4 is 4.74 Å². The molecule has 1 aromatic carbocycles. The van der Waals surface area contributed by atoms with Crippen LogP contribution in [-0.2, 0) is 6.18 Å². The summed E-state index contributed by atoms with van der Waals surface area (Å²) < 4.78 is 44.1. The standard InChI is InChI=1S/C23H26F3N3O/c1-21(2,3)22(4,5)14-30-17-9-6-15(7-10-17)18-11-8-16(12-27-18)20-28-13-19(29-20)23(24,25)26/h6-13H,14H2,1-5H3,(H,28,29). The van der Waals surface area contributed by atoms with Gasteiger partial charge in [-0.25, -0.2) is 4.98 Å². The zero-order valence-corrected chi connectivity index (χ0v) is 17.8. The smallest absolute Gasteiger partial charge is 0.434 e. The first-order valence-corrected chi connectivity index (χ1v) is 9.69. The van der Waals surface area contributed by atoms with Crippen LogP contribution in [0.2, 0.25) is 0 Å². The second-order valence-corrected chi connectivity index (χ2v) is 9.01. The van der Waals surface area contributed by atoms with Crippen molar-refractivity contribution in [2.75, 3.05) is 6.61 Å². The van der Waals surface area contributed by atoms with Gasteiger partial charge in [-0.3, -0.25) is 4.98 Å². The number of nitrogens with zero attached hydrogens (tertiary/aromatic N) is 2. The highest BCUT2D eigenvalue weighted by Gasteiger charge is 2.34. The van der Waals surface area contributed by atoms with Crippen LogP contribution in [0, 0.1) is 10.8 Å². The number of halogens is 3. The fourth-order valence-corrected chi connectivity index (χ4v) is 2.52. The zero-order valence-electron chi connectivity index (χ0n) is 17.8. The molecular weight excluding hydrogens is 391 g/mol. The second-order valence-electron chi connectivity index (χ2n) is 9.01. The number of nitrogens with one attached hydrogen (secondary N) is 1. The lowest BCUT2D eigenvalue weighted by molar-refractivity contribution is -0.140. The number of rotatable bonds is 5. The van der Waals surface area contributed by atoms with Gasteiger partial charge in [0.25, 0.3) is 0 Å². The van der Waals surface area contributed by atoms with E-state index in [4.69, 9.17) is 4.74 Å². The molecule has 4 nitrogen and oxygen atoms in total. The van der Waals surface area contributed by atoms with Gasteiger partial charge in [-0.15, -0.1) is 0 Å². The largest absolute Gasteiger partial charge is 0.493 e. The Balaban J connectivity index is 1.69. The van der Waals surface area contributed by atoms with Gasteiger partial charge in [-0.2, -0.15) is 13.2 Å². The monoisotopic (exact) mass is 417 g/mol. The minimum Gasteiger partial charge on any atom is -0.493 e. The molecule has 30 heavy (non-hydrogen) atoms. The van der Waals surface area contributed by atoms with Crippen molar-refractivity contribution in [2.45, 2.75) is 40.8 Å². The summed E-state index contributed by atoms with van der Waals surface area (Å²) in [5.41, 5.74) is 1.27. The lowest BCUT2D eigenvalue weighted by Crippen LogP contribution is -2.35. The first-order chi connectivity index (χ1) is 13.9. The van der Waals surface area contributed by atoms with Crippen LogP contribution in [0.1, 0.15) is 40.3 Å². The molecule has 2 heterocycles.